The van der Waals surface area contributed by atoms with Crippen molar-refractivity contribution in [3.05, 3.63) is 63.0 Å². The zero-order chi connectivity index (χ0) is 26.7. The molecule has 3 heterocycles. The van der Waals surface area contributed by atoms with Crippen molar-refractivity contribution >= 4 is 11.6 Å². The monoisotopic (exact) mass is 530 g/mol. The third kappa shape index (κ3) is 4.30. The van der Waals surface area contributed by atoms with E-state index in [2.05, 4.69) is 10.3 Å². The zero-order valence-electron chi connectivity index (χ0n) is 20.8. The summed E-state index contributed by atoms with van der Waals surface area (Å²) in [5.41, 5.74) is 0.567. The molecule has 8 nitrogen and oxygen atoms in total. The van der Waals surface area contributed by atoms with E-state index in [9.17, 15) is 28.1 Å². The Hall–Kier alpha value is -3.21. The van der Waals surface area contributed by atoms with E-state index in [0.29, 0.717) is 49.4 Å². The highest BCUT2D eigenvalue weighted by Crippen LogP contribution is 2.56. The Labute approximate surface area is 217 Å². The molecule has 2 aliphatic carbocycles. The summed E-state index contributed by atoms with van der Waals surface area (Å²) in [6.45, 7) is 1.10. The number of non-ortho nitro benzene ring substituents is 1. The van der Waals surface area contributed by atoms with Gasteiger partial charge >= 0.3 is 6.18 Å². The molecular weight excluding hydrogens is 501 g/mol. The first kappa shape index (κ1) is 25.1. The first-order chi connectivity index (χ1) is 18.1. The van der Waals surface area contributed by atoms with Crippen LogP contribution in [-0.4, -0.2) is 39.9 Å². The number of nitrogens with zero attached hydrogens (tertiary/aromatic N) is 3. The van der Waals surface area contributed by atoms with Gasteiger partial charge in [0.15, 0.2) is 0 Å². The van der Waals surface area contributed by atoms with Crippen molar-refractivity contribution in [1.29, 1.82) is 0 Å². The first-order valence-corrected chi connectivity index (χ1v) is 13.2. The molecule has 0 unspecified atom stereocenters. The molecule has 2 aliphatic heterocycles. The smallest absolute Gasteiger partial charge is 0.417 e. The fraction of sp³-hybridized carbons (Fsp3) is 0.556. The number of rotatable bonds is 4. The number of fused-ring (bicyclic) bond motifs is 3. The van der Waals surface area contributed by atoms with Crippen LogP contribution in [0, 0.1) is 21.4 Å². The van der Waals surface area contributed by atoms with Crippen molar-refractivity contribution in [3.8, 4) is 5.75 Å². The van der Waals surface area contributed by atoms with Gasteiger partial charge in [-0.25, -0.2) is 0 Å². The molecule has 38 heavy (non-hydrogen) atoms. The molecule has 202 valence electrons. The highest BCUT2D eigenvalue weighted by molar-refractivity contribution is 5.84. The highest BCUT2D eigenvalue weighted by atomic mass is 19.4. The predicted octanol–water partition coefficient (Wildman–Crippen LogP) is 4.96. The van der Waals surface area contributed by atoms with Gasteiger partial charge in [-0.1, -0.05) is 6.42 Å². The Bertz CT molecular complexity index is 1290. The molecule has 0 saturated heterocycles. The molecule has 1 aromatic heterocycles. The summed E-state index contributed by atoms with van der Waals surface area (Å²) >= 11 is 0. The SMILES string of the molecule is O=C(N1CCc2ncc(C(F)(F)F)cc2C1)[C@@]12CCC[C@@H]1C[C@@H](N[C@H]1CCOc3ccc([N+](=O)[O-])cc31)C2. The van der Waals surface area contributed by atoms with E-state index >= 15 is 0 Å². The maximum absolute atomic E-state index is 14.0. The largest absolute Gasteiger partial charge is 0.493 e. The number of carbonyl (C=O) groups excluding carboxylic acids is 1. The molecule has 0 spiro atoms. The third-order valence-electron chi connectivity index (χ3n) is 8.90. The number of amides is 1. The molecule has 1 amide bonds. The molecule has 2 aromatic rings. The number of halogens is 3. The fourth-order valence-corrected chi connectivity index (χ4v) is 7.14. The summed E-state index contributed by atoms with van der Waals surface area (Å²) in [4.78, 5) is 30.7. The number of aromatic nitrogens is 1. The van der Waals surface area contributed by atoms with Crippen LogP contribution in [0.2, 0.25) is 0 Å². The van der Waals surface area contributed by atoms with Gasteiger partial charge in [-0.15, -0.1) is 0 Å². The molecule has 6 rings (SSSR count). The summed E-state index contributed by atoms with van der Waals surface area (Å²) in [5, 5.41) is 15.0. The van der Waals surface area contributed by atoms with Crippen molar-refractivity contribution < 1.29 is 27.6 Å². The quantitative estimate of drug-likeness (QED) is 0.444. The number of nitro benzene ring substituents is 1. The molecule has 2 saturated carbocycles. The maximum Gasteiger partial charge on any atom is 0.417 e. The lowest BCUT2D eigenvalue weighted by Gasteiger charge is -2.37. The fourth-order valence-electron chi connectivity index (χ4n) is 7.14. The number of hydrogen-bond acceptors (Lipinski definition) is 6. The second-order valence-corrected chi connectivity index (χ2v) is 11.0. The van der Waals surface area contributed by atoms with Gasteiger partial charge in [0.25, 0.3) is 5.69 Å². The summed E-state index contributed by atoms with van der Waals surface area (Å²) in [6.07, 6.45) is 1.68. The van der Waals surface area contributed by atoms with Gasteiger partial charge in [-0.05, 0) is 49.3 Å². The topological polar surface area (TPSA) is 97.6 Å². The molecule has 2 fully saturated rings. The van der Waals surface area contributed by atoms with Crippen LogP contribution < -0.4 is 10.1 Å². The van der Waals surface area contributed by atoms with E-state index in [4.69, 9.17) is 4.74 Å². The summed E-state index contributed by atoms with van der Waals surface area (Å²) in [7, 11) is 0. The molecule has 0 bridgehead atoms. The first-order valence-electron chi connectivity index (χ1n) is 13.2. The van der Waals surface area contributed by atoms with Crippen LogP contribution in [0.1, 0.15) is 67.0 Å². The predicted molar refractivity (Wildman–Crippen MR) is 130 cm³/mol. The molecule has 4 atom stereocenters. The number of hydrogen-bond donors (Lipinski definition) is 1. The minimum absolute atomic E-state index is 0.0181. The molecule has 4 aliphatic rings. The normalized spacial score (nSPS) is 28.3. The van der Waals surface area contributed by atoms with Crippen LogP contribution in [0.3, 0.4) is 0 Å². The van der Waals surface area contributed by atoms with Gasteiger partial charge in [0, 0.05) is 67.6 Å². The van der Waals surface area contributed by atoms with Crippen LogP contribution in [0.25, 0.3) is 0 Å². The third-order valence-corrected chi connectivity index (χ3v) is 8.90. The molecule has 1 N–H and O–H groups in total. The van der Waals surface area contributed by atoms with Gasteiger partial charge in [-0.3, -0.25) is 19.9 Å². The van der Waals surface area contributed by atoms with E-state index in [1.165, 1.54) is 6.07 Å². The number of pyridine rings is 1. The number of carbonyl (C=O) groups is 1. The van der Waals surface area contributed by atoms with Crippen LogP contribution in [0.15, 0.2) is 30.5 Å². The average molecular weight is 531 g/mol. The second kappa shape index (κ2) is 9.21. The standard InChI is InChI=1S/C27H29F3N4O4/c28-27(29,30)18-10-16-15-33(8-5-22(16)31-14-18)25(35)26-7-1-2-17(26)11-19(13-26)32-23-6-9-38-24-4-3-20(34(36)37)12-21(23)24/h3-4,10,12,14,17,19,23,32H,1-2,5-9,11,13,15H2/t17-,19-,23+,26-/m1/s1. The Morgan fingerprint density at radius 1 is 1.26 bits per heavy atom. The second-order valence-electron chi connectivity index (χ2n) is 11.0. The summed E-state index contributed by atoms with van der Waals surface area (Å²) < 4.78 is 45.5. The maximum atomic E-state index is 14.0. The van der Waals surface area contributed by atoms with Crippen LogP contribution >= 0.6 is 0 Å². The van der Waals surface area contributed by atoms with Crippen molar-refractivity contribution in [2.24, 2.45) is 11.3 Å². The van der Waals surface area contributed by atoms with E-state index in [1.807, 2.05) is 0 Å². The van der Waals surface area contributed by atoms with Crippen LogP contribution in [0.4, 0.5) is 18.9 Å². The number of benzene rings is 1. The summed E-state index contributed by atoms with van der Waals surface area (Å²) in [6, 6.07) is 5.74. The number of nitrogens with one attached hydrogen (secondary N) is 1. The molecule has 1 aromatic carbocycles. The van der Waals surface area contributed by atoms with Crippen molar-refractivity contribution in [1.82, 2.24) is 15.2 Å². The van der Waals surface area contributed by atoms with Crippen molar-refractivity contribution in [3.63, 3.8) is 0 Å². The Kier molecular flexibility index (Phi) is 6.08. The minimum Gasteiger partial charge on any atom is -0.493 e. The van der Waals surface area contributed by atoms with Crippen LogP contribution in [0.5, 0.6) is 5.75 Å². The van der Waals surface area contributed by atoms with Gasteiger partial charge < -0.3 is 15.0 Å². The molecule has 11 heteroatoms. The van der Waals surface area contributed by atoms with Gasteiger partial charge in [0.05, 0.1) is 22.5 Å². The van der Waals surface area contributed by atoms with Crippen molar-refractivity contribution in [2.45, 2.75) is 69.8 Å². The lowest BCUT2D eigenvalue weighted by molar-refractivity contribution is -0.385. The van der Waals surface area contributed by atoms with Crippen molar-refractivity contribution in [2.75, 3.05) is 13.2 Å². The van der Waals surface area contributed by atoms with Gasteiger partial charge in [-0.2, -0.15) is 13.2 Å². The Balaban J connectivity index is 1.20. The van der Waals surface area contributed by atoms with Gasteiger partial charge in [0.1, 0.15) is 5.75 Å². The Morgan fingerprint density at radius 2 is 2.11 bits per heavy atom. The van der Waals surface area contributed by atoms with E-state index in [-0.39, 0.29) is 36.1 Å². The van der Waals surface area contributed by atoms with Gasteiger partial charge in [0.2, 0.25) is 5.91 Å². The number of alkyl halides is 3. The average Bonchev–Trinajstić information content (AvgIpc) is 3.45. The lowest BCUT2D eigenvalue weighted by Crippen LogP contribution is -2.47. The molecular formula is C27H29F3N4O4. The lowest BCUT2D eigenvalue weighted by atomic mass is 9.78. The van der Waals surface area contributed by atoms with E-state index in [0.717, 1.165) is 43.5 Å². The van der Waals surface area contributed by atoms with E-state index in [1.54, 1.807) is 17.0 Å². The molecule has 0 radical (unpaired) electrons. The summed E-state index contributed by atoms with van der Waals surface area (Å²) in [5.74, 6) is 0.885. The highest BCUT2D eigenvalue weighted by Gasteiger charge is 2.56. The zero-order valence-corrected chi connectivity index (χ0v) is 20.8. The minimum atomic E-state index is -4.48. The van der Waals surface area contributed by atoms with Crippen LogP contribution in [-0.2, 0) is 23.9 Å². The van der Waals surface area contributed by atoms with E-state index < -0.39 is 22.1 Å². The number of nitro groups is 1. The Morgan fingerprint density at radius 3 is 2.89 bits per heavy atom. The number of ether oxygens (including phenoxy) is 1.